The molecule has 0 aromatic rings. The van der Waals surface area contributed by atoms with Crippen molar-refractivity contribution in [1.82, 2.24) is 5.01 Å². The van der Waals surface area contributed by atoms with Crippen LogP contribution >= 0.6 is 0 Å². The van der Waals surface area contributed by atoms with Gasteiger partial charge in [-0.25, -0.2) is 0 Å². The van der Waals surface area contributed by atoms with Gasteiger partial charge in [-0.2, -0.15) is 0 Å². The summed E-state index contributed by atoms with van der Waals surface area (Å²) in [5, 5.41) is 16.2. The van der Waals surface area contributed by atoms with E-state index >= 15 is 0 Å². The Morgan fingerprint density at radius 2 is 1.92 bits per heavy atom. The Kier molecular flexibility index (Phi) is 3.33. The Morgan fingerprint density at radius 3 is 2.38 bits per heavy atom. The summed E-state index contributed by atoms with van der Waals surface area (Å²) in [7, 11) is 1.38. The summed E-state index contributed by atoms with van der Waals surface area (Å²) in [6.45, 7) is 5.81. The van der Waals surface area contributed by atoms with Crippen LogP contribution in [-0.2, 0) is 4.84 Å². The molecule has 0 aromatic heterocycles. The summed E-state index contributed by atoms with van der Waals surface area (Å²) in [5.41, 5.74) is 0. The molecule has 5 nitrogen and oxygen atoms in total. The molecule has 0 bridgehead atoms. The lowest BCUT2D eigenvalue weighted by atomic mass is 9.93. The van der Waals surface area contributed by atoms with Gasteiger partial charge >= 0.3 is 0 Å². The summed E-state index contributed by atoms with van der Waals surface area (Å²) in [6.07, 6.45) is 1.18. The standard InChI is InChI=1S/C8H17N3O2/c1-7-4-8(2)6-10(5-7)11(12)9-13-3/h7-8H,4-6H2,1-3H3/b11-9-. The number of hydrogen-bond donors (Lipinski definition) is 0. The predicted molar refractivity (Wildman–Crippen MR) is 47.6 cm³/mol. The largest absolute Gasteiger partial charge is 0.569 e. The van der Waals surface area contributed by atoms with Gasteiger partial charge in [-0.05, 0) is 18.3 Å². The first-order valence-electron chi connectivity index (χ1n) is 4.59. The fraction of sp³-hybridized carbons (Fsp3) is 1.00. The fourth-order valence-corrected chi connectivity index (χ4v) is 1.89. The van der Waals surface area contributed by atoms with Crippen LogP contribution in [0.2, 0.25) is 0 Å². The van der Waals surface area contributed by atoms with Crippen LogP contribution in [0.1, 0.15) is 20.3 Å². The first kappa shape index (κ1) is 10.1. The molecule has 2 unspecified atom stereocenters. The molecule has 0 saturated carbocycles. The van der Waals surface area contributed by atoms with Crippen molar-refractivity contribution in [1.29, 1.82) is 0 Å². The molecule has 0 spiro atoms. The average molecular weight is 187 g/mol. The molecule has 1 aliphatic rings. The third kappa shape index (κ3) is 2.75. The van der Waals surface area contributed by atoms with E-state index in [0.29, 0.717) is 16.8 Å². The van der Waals surface area contributed by atoms with Crippen molar-refractivity contribution in [3.8, 4) is 0 Å². The Balaban J connectivity index is 2.54. The molecule has 1 rings (SSSR count). The smallest absolute Gasteiger partial charge is 0.232 e. The van der Waals surface area contributed by atoms with Gasteiger partial charge in [0.25, 0.3) is 0 Å². The minimum Gasteiger partial charge on any atom is -0.569 e. The third-order valence-corrected chi connectivity index (χ3v) is 2.24. The molecule has 1 heterocycles. The zero-order chi connectivity index (χ0) is 9.84. The van der Waals surface area contributed by atoms with E-state index in [-0.39, 0.29) is 0 Å². The molecule has 0 N–H and O–H groups in total. The van der Waals surface area contributed by atoms with Crippen molar-refractivity contribution < 1.29 is 9.81 Å². The molecule has 0 aliphatic carbocycles. The van der Waals surface area contributed by atoms with Crippen molar-refractivity contribution >= 4 is 0 Å². The van der Waals surface area contributed by atoms with Crippen molar-refractivity contribution in [3.63, 3.8) is 0 Å². The Hall–Kier alpha value is -1.00. The van der Waals surface area contributed by atoms with Gasteiger partial charge in [0.2, 0.25) is 5.28 Å². The highest BCUT2D eigenvalue weighted by Crippen LogP contribution is 2.20. The SMILES string of the molecule is CO/N=[N+](\[O-])N1CC(C)CC(C)C1. The minimum absolute atomic E-state index is 0.548. The second kappa shape index (κ2) is 4.30. The maximum atomic E-state index is 11.2. The Morgan fingerprint density at radius 1 is 1.38 bits per heavy atom. The van der Waals surface area contributed by atoms with E-state index in [2.05, 4.69) is 24.0 Å². The van der Waals surface area contributed by atoms with E-state index in [0.717, 1.165) is 13.1 Å². The fourth-order valence-electron chi connectivity index (χ4n) is 1.89. The van der Waals surface area contributed by atoms with Gasteiger partial charge in [-0.3, -0.25) is 0 Å². The number of piperidine rings is 1. The molecular formula is C8H17N3O2. The monoisotopic (exact) mass is 187 g/mol. The van der Waals surface area contributed by atoms with Gasteiger partial charge in [0.05, 0.1) is 18.1 Å². The molecule has 2 atom stereocenters. The zero-order valence-electron chi connectivity index (χ0n) is 8.43. The van der Waals surface area contributed by atoms with E-state index in [1.54, 1.807) is 5.01 Å². The highest BCUT2D eigenvalue weighted by Gasteiger charge is 2.26. The van der Waals surface area contributed by atoms with Crippen LogP contribution in [0.15, 0.2) is 5.28 Å². The van der Waals surface area contributed by atoms with Gasteiger partial charge in [0.15, 0.2) is 0 Å². The highest BCUT2D eigenvalue weighted by atomic mass is 16.7. The predicted octanol–water partition coefficient (Wildman–Crippen LogP) is 1.40. The van der Waals surface area contributed by atoms with E-state index in [1.165, 1.54) is 13.5 Å². The van der Waals surface area contributed by atoms with Gasteiger partial charge in [0, 0.05) is 0 Å². The number of hydrazine groups is 1. The topological polar surface area (TPSA) is 50.9 Å². The summed E-state index contributed by atoms with van der Waals surface area (Å²) in [4.78, 5) is 4.97. The summed E-state index contributed by atoms with van der Waals surface area (Å²) < 4.78 is 0. The number of nitrogens with zero attached hydrogens (tertiary/aromatic N) is 3. The van der Waals surface area contributed by atoms with Crippen LogP contribution in [0.25, 0.3) is 0 Å². The van der Waals surface area contributed by atoms with Crippen LogP contribution < -0.4 is 0 Å². The summed E-state index contributed by atoms with van der Waals surface area (Å²) in [5.74, 6) is 1.10. The quantitative estimate of drug-likeness (QED) is 0.373. The molecule has 0 aromatic carbocycles. The second-order valence-electron chi connectivity index (χ2n) is 3.83. The summed E-state index contributed by atoms with van der Waals surface area (Å²) in [6, 6.07) is 0. The zero-order valence-corrected chi connectivity index (χ0v) is 8.43. The van der Waals surface area contributed by atoms with Crippen molar-refractivity contribution in [2.45, 2.75) is 20.3 Å². The third-order valence-electron chi connectivity index (χ3n) is 2.24. The number of rotatable bonds is 2. The van der Waals surface area contributed by atoms with Crippen molar-refractivity contribution in [3.05, 3.63) is 5.21 Å². The normalized spacial score (nSPS) is 30.4. The van der Waals surface area contributed by atoms with Crippen LogP contribution in [-0.4, -0.2) is 30.2 Å². The molecule has 13 heavy (non-hydrogen) atoms. The molecule has 1 fully saturated rings. The molecule has 1 aliphatic heterocycles. The lowest BCUT2D eigenvalue weighted by Gasteiger charge is -2.30. The average Bonchev–Trinajstić information content (AvgIpc) is 2.03. The Bertz CT molecular complexity index is 186. The molecule has 1 saturated heterocycles. The number of hydrogen-bond acceptors (Lipinski definition) is 3. The van der Waals surface area contributed by atoms with E-state index in [1.807, 2.05) is 0 Å². The van der Waals surface area contributed by atoms with E-state index in [9.17, 15) is 5.21 Å². The van der Waals surface area contributed by atoms with Gasteiger partial charge in [-0.1, -0.05) is 13.8 Å². The minimum atomic E-state index is 0.548. The lowest BCUT2D eigenvalue weighted by Crippen LogP contribution is -2.42. The second-order valence-corrected chi connectivity index (χ2v) is 3.83. The molecule has 0 radical (unpaired) electrons. The van der Waals surface area contributed by atoms with Crippen LogP contribution in [0.3, 0.4) is 0 Å². The first-order valence-corrected chi connectivity index (χ1v) is 4.59. The van der Waals surface area contributed by atoms with Crippen LogP contribution in [0.4, 0.5) is 0 Å². The highest BCUT2D eigenvalue weighted by molar-refractivity contribution is 4.69. The maximum absolute atomic E-state index is 11.2. The molecule has 76 valence electrons. The van der Waals surface area contributed by atoms with Crippen molar-refractivity contribution in [2.75, 3.05) is 20.2 Å². The van der Waals surface area contributed by atoms with Crippen LogP contribution in [0.5, 0.6) is 0 Å². The van der Waals surface area contributed by atoms with E-state index in [4.69, 9.17) is 0 Å². The maximum Gasteiger partial charge on any atom is 0.232 e. The molecular weight excluding hydrogens is 170 g/mol. The van der Waals surface area contributed by atoms with Gasteiger partial charge in [-0.15, -0.1) is 5.01 Å². The van der Waals surface area contributed by atoms with Gasteiger partial charge < -0.3 is 10.0 Å². The Labute approximate surface area is 78.5 Å². The lowest BCUT2D eigenvalue weighted by molar-refractivity contribution is -0.714. The van der Waals surface area contributed by atoms with E-state index < -0.39 is 0 Å². The van der Waals surface area contributed by atoms with Crippen molar-refractivity contribution in [2.24, 2.45) is 17.1 Å². The summed E-state index contributed by atoms with van der Waals surface area (Å²) >= 11 is 0. The molecule has 0 amide bonds. The van der Waals surface area contributed by atoms with Crippen LogP contribution in [0, 0.1) is 17.0 Å². The molecule has 5 heteroatoms. The van der Waals surface area contributed by atoms with Gasteiger partial charge in [0.1, 0.15) is 7.11 Å². The first-order chi connectivity index (χ1) is 6.13.